The molecule has 258 valence electrons. The first-order valence-electron chi connectivity index (χ1n) is 18.0. The summed E-state index contributed by atoms with van der Waals surface area (Å²) in [4.78, 5) is 29.1. The second kappa shape index (κ2) is 14.0. The van der Waals surface area contributed by atoms with Crippen molar-refractivity contribution in [2.75, 3.05) is 0 Å². The van der Waals surface area contributed by atoms with E-state index < -0.39 is 0 Å². The quantitative estimate of drug-likeness (QED) is 0.163. The zero-order valence-electron chi connectivity index (χ0n) is 29.4. The fourth-order valence-electron chi connectivity index (χ4n) is 6.94. The number of pyridine rings is 1. The molecular formula is C48H30N6S. The van der Waals surface area contributed by atoms with Gasteiger partial charge in [0, 0.05) is 65.9 Å². The van der Waals surface area contributed by atoms with Crippen molar-refractivity contribution in [3.05, 3.63) is 182 Å². The molecule has 0 amide bonds. The minimum atomic E-state index is 0.648. The Morgan fingerprint density at radius 2 is 0.873 bits per heavy atom. The lowest BCUT2D eigenvalue weighted by Gasteiger charge is -2.10. The Balaban J connectivity index is 1.04. The topological polar surface area (TPSA) is 77.3 Å². The van der Waals surface area contributed by atoms with Crippen LogP contribution in [0.3, 0.4) is 0 Å². The van der Waals surface area contributed by atoms with Crippen LogP contribution in [0, 0.1) is 0 Å². The highest BCUT2D eigenvalue weighted by Crippen LogP contribution is 2.42. The second-order valence-corrected chi connectivity index (χ2v) is 14.3. The molecule has 0 fully saturated rings. The Morgan fingerprint density at radius 1 is 0.345 bits per heavy atom. The number of benzene rings is 6. The number of hydrogen-bond acceptors (Lipinski definition) is 7. The number of nitrogens with zero attached hydrogens (tertiary/aromatic N) is 6. The summed E-state index contributed by atoms with van der Waals surface area (Å²) in [5.41, 5.74) is 9.80. The normalized spacial score (nSPS) is 11.3. The van der Waals surface area contributed by atoms with Crippen molar-refractivity contribution in [2.24, 2.45) is 0 Å². The molecule has 0 spiro atoms. The first-order chi connectivity index (χ1) is 27.2. The van der Waals surface area contributed by atoms with Gasteiger partial charge < -0.3 is 0 Å². The van der Waals surface area contributed by atoms with Crippen LogP contribution in [-0.4, -0.2) is 29.9 Å². The summed E-state index contributed by atoms with van der Waals surface area (Å²) in [6, 6.07) is 58.1. The third-order valence-corrected chi connectivity index (χ3v) is 10.8. The van der Waals surface area contributed by atoms with E-state index in [9.17, 15) is 0 Å². The van der Waals surface area contributed by atoms with Crippen LogP contribution in [0.15, 0.2) is 182 Å². The SMILES string of the molecule is c1ccc(-c2nc(-c3ccc(-c4cccc5sc6cc(-c7nc(-c8ccccc8)nc(-c8ccccc8)n7)ccc6c45)cc3)cc(-c3cccnc3)n2)cc1. The van der Waals surface area contributed by atoms with Gasteiger partial charge in [-0.2, -0.15) is 0 Å². The predicted octanol–water partition coefficient (Wildman–Crippen LogP) is 12.1. The van der Waals surface area contributed by atoms with E-state index in [4.69, 9.17) is 24.9 Å². The molecule has 0 aliphatic carbocycles. The lowest BCUT2D eigenvalue weighted by atomic mass is 9.97. The molecular weight excluding hydrogens is 693 g/mol. The first kappa shape index (κ1) is 32.4. The van der Waals surface area contributed by atoms with E-state index in [0.29, 0.717) is 23.3 Å². The van der Waals surface area contributed by atoms with Crippen LogP contribution in [0.5, 0.6) is 0 Å². The average molecular weight is 723 g/mol. The van der Waals surface area contributed by atoms with Gasteiger partial charge >= 0.3 is 0 Å². The Kier molecular flexibility index (Phi) is 8.24. The zero-order chi connectivity index (χ0) is 36.6. The van der Waals surface area contributed by atoms with Crippen LogP contribution in [0.4, 0.5) is 0 Å². The number of hydrogen-bond donors (Lipinski definition) is 0. The third kappa shape index (κ3) is 6.33. The van der Waals surface area contributed by atoms with Crippen LogP contribution in [-0.2, 0) is 0 Å². The van der Waals surface area contributed by atoms with E-state index in [-0.39, 0.29) is 0 Å². The average Bonchev–Trinajstić information content (AvgIpc) is 3.66. The van der Waals surface area contributed by atoms with Crippen LogP contribution in [0.1, 0.15) is 0 Å². The molecule has 7 heteroatoms. The highest BCUT2D eigenvalue weighted by Gasteiger charge is 2.17. The molecule has 0 aliphatic rings. The van der Waals surface area contributed by atoms with Crippen molar-refractivity contribution >= 4 is 31.5 Å². The van der Waals surface area contributed by atoms with E-state index in [2.05, 4.69) is 65.6 Å². The number of rotatable bonds is 7. The van der Waals surface area contributed by atoms with Gasteiger partial charge in [-0.05, 0) is 41.5 Å². The standard InChI is InChI=1S/C48H30N6S/c1-4-12-33(13-5-1)45-50-40(29-41(51-45)37-18-11-27-49-30-37)32-23-21-31(22-24-32)38-19-10-20-42-44(38)39-26-25-36(28-43(39)55-42)48-53-46(34-14-6-2-7-15-34)52-47(54-48)35-16-8-3-9-17-35/h1-30H. The largest absolute Gasteiger partial charge is 0.264 e. The van der Waals surface area contributed by atoms with Gasteiger partial charge in [-0.15, -0.1) is 11.3 Å². The van der Waals surface area contributed by atoms with Gasteiger partial charge in [-0.1, -0.05) is 140 Å². The summed E-state index contributed by atoms with van der Waals surface area (Å²) in [5, 5.41) is 2.44. The Bertz CT molecular complexity index is 2840. The molecule has 0 radical (unpaired) electrons. The van der Waals surface area contributed by atoms with Gasteiger partial charge in [0.2, 0.25) is 0 Å². The van der Waals surface area contributed by atoms with E-state index in [1.165, 1.54) is 25.7 Å². The second-order valence-electron chi connectivity index (χ2n) is 13.2. The fourth-order valence-corrected chi connectivity index (χ4v) is 8.11. The molecule has 4 aromatic heterocycles. The molecule has 55 heavy (non-hydrogen) atoms. The highest BCUT2D eigenvalue weighted by atomic mass is 32.1. The number of fused-ring (bicyclic) bond motifs is 3. The van der Waals surface area contributed by atoms with Gasteiger partial charge in [-0.25, -0.2) is 24.9 Å². The smallest absolute Gasteiger partial charge is 0.164 e. The molecule has 6 nitrogen and oxygen atoms in total. The van der Waals surface area contributed by atoms with Crippen molar-refractivity contribution < 1.29 is 0 Å². The van der Waals surface area contributed by atoms with E-state index in [1.54, 1.807) is 17.5 Å². The van der Waals surface area contributed by atoms with Gasteiger partial charge in [-0.3, -0.25) is 4.98 Å². The first-order valence-corrected chi connectivity index (χ1v) is 18.8. The van der Waals surface area contributed by atoms with Crippen molar-refractivity contribution in [3.8, 4) is 79.2 Å². The maximum atomic E-state index is 5.02. The van der Waals surface area contributed by atoms with E-state index in [0.717, 1.165) is 50.3 Å². The molecule has 10 aromatic rings. The molecule has 0 saturated carbocycles. The molecule has 10 rings (SSSR count). The summed E-state index contributed by atoms with van der Waals surface area (Å²) in [7, 11) is 0. The predicted molar refractivity (Wildman–Crippen MR) is 224 cm³/mol. The summed E-state index contributed by atoms with van der Waals surface area (Å²) in [5.74, 6) is 2.63. The van der Waals surface area contributed by atoms with Crippen LogP contribution >= 0.6 is 11.3 Å². The maximum absolute atomic E-state index is 5.02. The Labute approximate surface area is 321 Å². The fraction of sp³-hybridized carbons (Fsp3) is 0. The minimum absolute atomic E-state index is 0.648. The molecule has 0 aliphatic heterocycles. The number of thiophene rings is 1. The Morgan fingerprint density at radius 3 is 1.47 bits per heavy atom. The highest BCUT2D eigenvalue weighted by molar-refractivity contribution is 7.26. The summed E-state index contributed by atoms with van der Waals surface area (Å²) < 4.78 is 2.40. The summed E-state index contributed by atoms with van der Waals surface area (Å²) in [6.45, 7) is 0. The van der Waals surface area contributed by atoms with Gasteiger partial charge in [0.25, 0.3) is 0 Å². The van der Waals surface area contributed by atoms with Gasteiger partial charge in [0.15, 0.2) is 23.3 Å². The van der Waals surface area contributed by atoms with Crippen LogP contribution < -0.4 is 0 Å². The van der Waals surface area contributed by atoms with Crippen molar-refractivity contribution in [3.63, 3.8) is 0 Å². The third-order valence-electron chi connectivity index (χ3n) is 9.66. The van der Waals surface area contributed by atoms with Crippen molar-refractivity contribution in [2.45, 2.75) is 0 Å². The summed E-state index contributed by atoms with van der Waals surface area (Å²) in [6.07, 6.45) is 3.62. The van der Waals surface area contributed by atoms with Crippen molar-refractivity contribution in [1.82, 2.24) is 29.9 Å². The maximum Gasteiger partial charge on any atom is 0.164 e. The Hall–Kier alpha value is -7.22. The van der Waals surface area contributed by atoms with Crippen molar-refractivity contribution in [1.29, 1.82) is 0 Å². The van der Waals surface area contributed by atoms with E-state index in [1.807, 2.05) is 115 Å². The molecule has 0 bridgehead atoms. The van der Waals surface area contributed by atoms with Crippen LogP contribution in [0.25, 0.3) is 99.4 Å². The number of aromatic nitrogens is 6. The molecule has 0 unspecified atom stereocenters. The monoisotopic (exact) mass is 722 g/mol. The van der Waals surface area contributed by atoms with Crippen LogP contribution in [0.2, 0.25) is 0 Å². The minimum Gasteiger partial charge on any atom is -0.264 e. The lowest BCUT2D eigenvalue weighted by molar-refractivity contribution is 1.07. The molecule has 6 aromatic carbocycles. The molecule has 0 N–H and O–H groups in total. The molecule has 0 atom stereocenters. The van der Waals surface area contributed by atoms with Gasteiger partial charge in [0.05, 0.1) is 11.4 Å². The van der Waals surface area contributed by atoms with E-state index >= 15 is 0 Å². The summed E-state index contributed by atoms with van der Waals surface area (Å²) >= 11 is 1.79. The molecule has 4 heterocycles. The molecule has 0 saturated heterocycles. The lowest BCUT2D eigenvalue weighted by Crippen LogP contribution is -1.99. The zero-order valence-corrected chi connectivity index (χ0v) is 30.2. The van der Waals surface area contributed by atoms with Gasteiger partial charge in [0.1, 0.15) is 0 Å².